The Morgan fingerprint density at radius 2 is 1.94 bits per heavy atom. The number of pyridine rings is 1. The van der Waals surface area contributed by atoms with Crippen LogP contribution in [0.25, 0.3) is 0 Å². The van der Waals surface area contributed by atoms with Gasteiger partial charge in [-0.1, -0.05) is 23.2 Å². The number of nitrogens with zero attached hydrogens (tertiary/aromatic N) is 1. The van der Waals surface area contributed by atoms with Crippen LogP contribution in [0.3, 0.4) is 0 Å². The molecule has 0 saturated heterocycles. The van der Waals surface area contributed by atoms with Gasteiger partial charge in [0.2, 0.25) is 0 Å². The zero-order valence-electron chi connectivity index (χ0n) is 9.00. The molecule has 1 amide bonds. The highest BCUT2D eigenvalue weighted by atomic mass is 35.5. The number of hydrogen-bond acceptors (Lipinski definition) is 4. The Hall–Kier alpha value is -1.33. The van der Waals surface area contributed by atoms with Gasteiger partial charge in [-0.15, -0.1) is 0 Å². The molecule has 0 radical (unpaired) electrons. The van der Waals surface area contributed by atoms with Gasteiger partial charge in [-0.05, 0) is 12.1 Å². The first-order valence-electron chi connectivity index (χ1n) is 4.71. The fourth-order valence-corrected chi connectivity index (χ4v) is 1.54. The summed E-state index contributed by atoms with van der Waals surface area (Å²) >= 11 is 11.3. The van der Waals surface area contributed by atoms with E-state index in [1.165, 1.54) is 19.2 Å². The van der Waals surface area contributed by atoms with Gasteiger partial charge >= 0.3 is 5.97 Å². The topological polar surface area (TPSA) is 68.3 Å². The molecule has 7 heteroatoms. The van der Waals surface area contributed by atoms with Crippen molar-refractivity contribution in [3.8, 4) is 0 Å². The lowest BCUT2D eigenvalue weighted by Gasteiger charge is -2.05. The second kappa shape index (κ2) is 6.42. The maximum absolute atomic E-state index is 11.6. The zero-order chi connectivity index (χ0) is 12.8. The van der Waals surface area contributed by atoms with Gasteiger partial charge < -0.3 is 10.1 Å². The number of ether oxygens (including phenoxy) is 1. The molecule has 0 aliphatic heterocycles. The van der Waals surface area contributed by atoms with Crippen molar-refractivity contribution in [2.24, 2.45) is 0 Å². The van der Waals surface area contributed by atoms with Gasteiger partial charge in [0.15, 0.2) is 0 Å². The van der Waals surface area contributed by atoms with Crippen LogP contribution < -0.4 is 5.32 Å². The summed E-state index contributed by atoms with van der Waals surface area (Å²) in [6.07, 6.45) is 0.106. The van der Waals surface area contributed by atoms with Gasteiger partial charge in [0, 0.05) is 12.1 Å². The number of nitrogens with one attached hydrogen (secondary N) is 1. The lowest BCUT2D eigenvalue weighted by atomic mass is 10.2. The molecule has 92 valence electrons. The fourth-order valence-electron chi connectivity index (χ4n) is 1.08. The maximum Gasteiger partial charge on any atom is 0.307 e. The molecular weight excluding hydrogens is 267 g/mol. The van der Waals surface area contributed by atoms with E-state index in [0.717, 1.165) is 0 Å². The number of esters is 1. The molecule has 0 atom stereocenters. The smallest absolute Gasteiger partial charge is 0.307 e. The fraction of sp³-hybridized carbons (Fsp3) is 0.300. The number of methoxy groups -OCH3 is 1. The van der Waals surface area contributed by atoms with Crippen LogP contribution in [0.5, 0.6) is 0 Å². The summed E-state index contributed by atoms with van der Waals surface area (Å²) in [6.45, 7) is 0.184. The Morgan fingerprint density at radius 3 is 2.47 bits per heavy atom. The monoisotopic (exact) mass is 276 g/mol. The van der Waals surface area contributed by atoms with Crippen molar-refractivity contribution in [3.63, 3.8) is 0 Å². The van der Waals surface area contributed by atoms with Crippen molar-refractivity contribution in [1.29, 1.82) is 0 Å². The Bertz CT molecular complexity index is 417. The summed E-state index contributed by atoms with van der Waals surface area (Å²) in [6, 6.07) is 2.78. The molecule has 0 aliphatic carbocycles. The van der Waals surface area contributed by atoms with Crippen LogP contribution in [0.15, 0.2) is 12.1 Å². The molecular formula is C10H10Cl2N2O3. The SMILES string of the molecule is COC(=O)CCNC(=O)c1cc(Cl)nc(Cl)c1. The third kappa shape index (κ3) is 4.58. The van der Waals surface area contributed by atoms with Crippen LogP contribution in [-0.2, 0) is 9.53 Å². The quantitative estimate of drug-likeness (QED) is 0.671. The second-order valence-electron chi connectivity index (χ2n) is 3.08. The minimum Gasteiger partial charge on any atom is -0.469 e. The highest BCUT2D eigenvalue weighted by Crippen LogP contribution is 2.14. The number of aromatic nitrogens is 1. The van der Waals surface area contributed by atoms with Crippen molar-refractivity contribution < 1.29 is 14.3 Å². The number of carbonyl (C=O) groups excluding carboxylic acids is 2. The molecule has 0 saturated carbocycles. The third-order valence-electron chi connectivity index (χ3n) is 1.87. The van der Waals surface area contributed by atoms with E-state index in [4.69, 9.17) is 23.2 Å². The average molecular weight is 277 g/mol. The summed E-state index contributed by atoms with van der Waals surface area (Å²) in [5, 5.41) is 2.80. The van der Waals surface area contributed by atoms with Crippen molar-refractivity contribution in [2.45, 2.75) is 6.42 Å². The normalized spacial score (nSPS) is 9.82. The van der Waals surface area contributed by atoms with Crippen LogP contribution in [0.2, 0.25) is 10.3 Å². The molecule has 1 aromatic rings. The van der Waals surface area contributed by atoms with Crippen molar-refractivity contribution in [1.82, 2.24) is 10.3 Å². The summed E-state index contributed by atoms with van der Waals surface area (Å²) in [4.78, 5) is 26.1. The molecule has 0 aromatic carbocycles. The average Bonchev–Trinajstić information content (AvgIpc) is 2.27. The minimum atomic E-state index is -0.393. The van der Waals surface area contributed by atoms with Gasteiger partial charge in [-0.2, -0.15) is 0 Å². The Morgan fingerprint density at radius 1 is 1.35 bits per heavy atom. The van der Waals surface area contributed by atoms with Crippen molar-refractivity contribution in [2.75, 3.05) is 13.7 Å². The van der Waals surface area contributed by atoms with Gasteiger partial charge in [0.05, 0.1) is 13.5 Å². The summed E-state index contributed by atoms with van der Waals surface area (Å²) in [7, 11) is 1.28. The van der Waals surface area contributed by atoms with E-state index in [9.17, 15) is 9.59 Å². The second-order valence-corrected chi connectivity index (χ2v) is 3.86. The van der Waals surface area contributed by atoms with Crippen LogP contribution in [0.4, 0.5) is 0 Å². The number of carbonyl (C=O) groups is 2. The summed E-state index contributed by atoms with van der Waals surface area (Å²) in [5.41, 5.74) is 0.292. The summed E-state index contributed by atoms with van der Waals surface area (Å²) < 4.78 is 4.43. The Kier molecular flexibility index (Phi) is 5.18. The number of amides is 1. The first-order valence-corrected chi connectivity index (χ1v) is 5.46. The number of rotatable bonds is 4. The first kappa shape index (κ1) is 13.7. The molecule has 0 fully saturated rings. The lowest BCUT2D eigenvalue weighted by molar-refractivity contribution is -0.140. The van der Waals surface area contributed by atoms with E-state index < -0.39 is 5.97 Å². The highest BCUT2D eigenvalue weighted by Gasteiger charge is 2.09. The predicted molar refractivity (Wildman–Crippen MR) is 63.2 cm³/mol. The van der Waals surface area contributed by atoms with Gasteiger partial charge in [-0.25, -0.2) is 4.98 Å². The van der Waals surface area contributed by atoms with Gasteiger partial charge in [0.25, 0.3) is 5.91 Å². The highest BCUT2D eigenvalue weighted by molar-refractivity contribution is 6.33. The van der Waals surface area contributed by atoms with Crippen molar-refractivity contribution in [3.05, 3.63) is 28.0 Å². The molecule has 1 rings (SSSR count). The zero-order valence-corrected chi connectivity index (χ0v) is 10.5. The molecule has 17 heavy (non-hydrogen) atoms. The lowest BCUT2D eigenvalue weighted by Crippen LogP contribution is -2.26. The van der Waals surface area contributed by atoms with Gasteiger partial charge in [0.1, 0.15) is 10.3 Å². The molecule has 1 aromatic heterocycles. The van der Waals surface area contributed by atoms with E-state index in [-0.39, 0.29) is 29.2 Å². The first-order chi connectivity index (χ1) is 8.02. The molecule has 0 aliphatic rings. The predicted octanol–water partition coefficient (Wildman–Crippen LogP) is 1.68. The van der Waals surface area contributed by atoms with Crippen molar-refractivity contribution >= 4 is 35.1 Å². The van der Waals surface area contributed by atoms with Gasteiger partial charge in [-0.3, -0.25) is 9.59 Å². The molecule has 5 nitrogen and oxygen atoms in total. The molecule has 0 unspecified atom stereocenters. The third-order valence-corrected chi connectivity index (χ3v) is 2.25. The van der Waals surface area contributed by atoms with Crippen LogP contribution in [-0.4, -0.2) is 30.5 Å². The molecule has 1 heterocycles. The van der Waals surface area contributed by atoms with E-state index >= 15 is 0 Å². The minimum absolute atomic E-state index is 0.106. The van der Waals surface area contributed by atoms with Crippen LogP contribution in [0, 0.1) is 0 Å². The Balaban J connectivity index is 2.55. The number of halogens is 2. The van der Waals surface area contributed by atoms with E-state index in [0.29, 0.717) is 5.56 Å². The molecule has 0 spiro atoms. The standard InChI is InChI=1S/C10H10Cl2N2O3/c1-17-9(15)2-3-13-10(16)6-4-7(11)14-8(12)5-6/h4-5H,2-3H2,1H3,(H,13,16). The number of hydrogen-bond donors (Lipinski definition) is 1. The largest absolute Gasteiger partial charge is 0.469 e. The maximum atomic E-state index is 11.6. The summed E-state index contributed by atoms with van der Waals surface area (Å²) in [5.74, 6) is -0.767. The van der Waals surface area contributed by atoms with E-state index in [1.807, 2.05) is 0 Å². The Labute approximate surface area is 108 Å². The van der Waals surface area contributed by atoms with E-state index in [1.54, 1.807) is 0 Å². The van der Waals surface area contributed by atoms with E-state index in [2.05, 4.69) is 15.0 Å². The van der Waals surface area contributed by atoms with Crippen LogP contribution >= 0.6 is 23.2 Å². The molecule has 1 N–H and O–H groups in total. The molecule has 0 bridgehead atoms. The van der Waals surface area contributed by atoms with Crippen LogP contribution in [0.1, 0.15) is 16.8 Å².